The van der Waals surface area contributed by atoms with E-state index >= 15 is 0 Å². The summed E-state index contributed by atoms with van der Waals surface area (Å²) < 4.78 is 12.0. The van der Waals surface area contributed by atoms with Crippen molar-refractivity contribution in [1.29, 1.82) is 0 Å². The van der Waals surface area contributed by atoms with Gasteiger partial charge in [-0.1, -0.05) is 30.7 Å². The van der Waals surface area contributed by atoms with Gasteiger partial charge in [-0.05, 0) is 106 Å². The second kappa shape index (κ2) is 14.9. The first-order valence-corrected chi connectivity index (χ1v) is 16.2. The van der Waals surface area contributed by atoms with Crippen molar-refractivity contribution in [1.82, 2.24) is 14.7 Å². The van der Waals surface area contributed by atoms with Crippen LogP contribution in [0.4, 0.5) is 0 Å². The fraction of sp³-hybridized carbons (Fsp3) is 0.600. The van der Waals surface area contributed by atoms with Gasteiger partial charge in [-0.3, -0.25) is 9.59 Å². The number of para-hydroxylation sites is 1. The minimum Gasteiger partial charge on any atom is -0.494 e. The van der Waals surface area contributed by atoms with E-state index in [2.05, 4.69) is 17.0 Å². The minimum atomic E-state index is 0.0433. The third-order valence-electron chi connectivity index (χ3n) is 9.45. The van der Waals surface area contributed by atoms with Gasteiger partial charge in [0.05, 0.1) is 13.2 Å². The molecule has 2 fully saturated rings. The largest absolute Gasteiger partial charge is 0.494 e. The van der Waals surface area contributed by atoms with Crippen LogP contribution in [-0.4, -0.2) is 86.0 Å². The van der Waals surface area contributed by atoms with Gasteiger partial charge in [0.2, 0.25) is 5.91 Å². The summed E-state index contributed by atoms with van der Waals surface area (Å²) in [5.74, 6) is 1.98. The van der Waals surface area contributed by atoms with Crippen molar-refractivity contribution in [2.75, 3.05) is 59.5 Å². The number of fused-ring (bicyclic) bond motifs is 1. The van der Waals surface area contributed by atoms with E-state index < -0.39 is 0 Å². The van der Waals surface area contributed by atoms with Gasteiger partial charge in [0.25, 0.3) is 5.91 Å². The molecule has 7 heteroatoms. The molecule has 228 valence electrons. The molecule has 5 rings (SSSR count). The standard InChI is InChI=1S/C35H49N3O4/c1-36-28-35(17-5-4-12-29-11-2-3-15-32(29)42-25-9-16-33(36)39)18-23-38(24-19-35)34(40)30-13-8-14-31(27-30)41-26-10-22-37-20-6-7-21-37/h2-3,8,11,13-15,27H,4-7,9-10,12,16-26,28H2,1H3. The zero-order chi connectivity index (χ0) is 29.2. The predicted molar refractivity (Wildman–Crippen MR) is 166 cm³/mol. The molecule has 3 aliphatic heterocycles. The van der Waals surface area contributed by atoms with Gasteiger partial charge in [0, 0.05) is 45.2 Å². The summed E-state index contributed by atoms with van der Waals surface area (Å²) in [5.41, 5.74) is 1.99. The Hall–Kier alpha value is -3.06. The van der Waals surface area contributed by atoms with Crippen LogP contribution in [-0.2, 0) is 11.2 Å². The van der Waals surface area contributed by atoms with Crippen molar-refractivity contribution < 1.29 is 19.1 Å². The Morgan fingerprint density at radius 3 is 2.55 bits per heavy atom. The van der Waals surface area contributed by atoms with Gasteiger partial charge in [0.15, 0.2) is 0 Å². The Kier molecular flexibility index (Phi) is 10.8. The van der Waals surface area contributed by atoms with E-state index in [0.717, 1.165) is 82.6 Å². The van der Waals surface area contributed by atoms with Gasteiger partial charge in [-0.2, -0.15) is 0 Å². The number of ether oxygens (including phenoxy) is 2. The number of carbonyl (C=O) groups excluding carboxylic acids is 2. The minimum absolute atomic E-state index is 0.0433. The molecule has 2 amide bonds. The maximum atomic E-state index is 13.5. The third-order valence-corrected chi connectivity index (χ3v) is 9.45. The van der Waals surface area contributed by atoms with Gasteiger partial charge < -0.3 is 24.2 Å². The topological polar surface area (TPSA) is 62.3 Å². The lowest BCUT2D eigenvalue weighted by Gasteiger charge is -2.44. The van der Waals surface area contributed by atoms with E-state index in [1.54, 1.807) is 0 Å². The van der Waals surface area contributed by atoms with E-state index in [1.807, 2.05) is 53.2 Å². The first kappa shape index (κ1) is 30.4. The molecule has 0 saturated carbocycles. The van der Waals surface area contributed by atoms with Gasteiger partial charge in [-0.25, -0.2) is 0 Å². The molecule has 3 aliphatic rings. The van der Waals surface area contributed by atoms with Gasteiger partial charge in [0.1, 0.15) is 11.5 Å². The third kappa shape index (κ3) is 8.27. The number of likely N-dealkylation sites (tertiary alicyclic amines) is 2. The Balaban J connectivity index is 1.17. The van der Waals surface area contributed by atoms with Crippen LogP contribution in [0.3, 0.4) is 0 Å². The first-order valence-electron chi connectivity index (χ1n) is 16.2. The van der Waals surface area contributed by atoms with Crippen molar-refractivity contribution in [2.45, 2.75) is 70.6 Å². The van der Waals surface area contributed by atoms with Crippen molar-refractivity contribution in [3.63, 3.8) is 0 Å². The molecule has 1 spiro atoms. The van der Waals surface area contributed by atoms with Gasteiger partial charge >= 0.3 is 0 Å². The van der Waals surface area contributed by atoms with Crippen molar-refractivity contribution in [3.8, 4) is 11.5 Å². The number of carbonyl (C=O) groups is 2. The Morgan fingerprint density at radius 2 is 1.71 bits per heavy atom. The van der Waals surface area contributed by atoms with Crippen LogP contribution in [0, 0.1) is 5.41 Å². The Bertz CT molecular complexity index is 1170. The van der Waals surface area contributed by atoms with Crippen molar-refractivity contribution in [3.05, 3.63) is 59.7 Å². The molecule has 42 heavy (non-hydrogen) atoms. The number of hydrogen-bond acceptors (Lipinski definition) is 5. The van der Waals surface area contributed by atoms with E-state index in [-0.39, 0.29) is 17.2 Å². The second-order valence-corrected chi connectivity index (χ2v) is 12.6. The van der Waals surface area contributed by atoms with Crippen molar-refractivity contribution >= 4 is 11.8 Å². The number of rotatable bonds is 6. The Labute approximate surface area is 252 Å². The molecule has 0 radical (unpaired) electrons. The molecule has 2 aromatic carbocycles. The molecule has 2 aromatic rings. The summed E-state index contributed by atoms with van der Waals surface area (Å²) >= 11 is 0. The number of hydrogen-bond donors (Lipinski definition) is 0. The fourth-order valence-electron chi connectivity index (χ4n) is 6.91. The highest BCUT2D eigenvalue weighted by atomic mass is 16.5. The normalized spacial score (nSPS) is 20.5. The average Bonchev–Trinajstić information content (AvgIpc) is 3.54. The van der Waals surface area contributed by atoms with E-state index in [0.29, 0.717) is 31.6 Å². The zero-order valence-electron chi connectivity index (χ0n) is 25.5. The number of aryl methyl sites for hydroxylation is 1. The summed E-state index contributed by atoms with van der Waals surface area (Å²) in [6.45, 7) is 6.92. The summed E-state index contributed by atoms with van der Waals surface area (Å²) in [7, 11) is 1.94. The molecular weight excluding hydrogens is 526 g/mol. The number of piperidine rings is 1. The SMILES string of the molecule is CN1CC2(CCCCc3ccccc3OCCCC1=O)CCN(C(=O)c1cccc(OCCCN3CCCC3)c1)CC2. The maximum Gasteiger partial charge on any atom is 0.253 e. The van der Waals surface area contributed by atoms with E-state index in [4.69, 9.17) is 9.47 Å². The monoisotopic (exact) mass is 575 g/mol. The molecule has 7 nitrogen and oxygen atoms in total. The molecule has 0 aliphatic carbocycles. The molecule has 0 atom stereocenters. The molecule has 0 unspecified atom stereocenters. The Morgan fingerprint density at radius 1 is 0.905 bits per heavy atom. The molecule has 0 aromatic heterocycles. The molecule has 3 heterocycles. The quantitative estimate of drug-likeness (QED) is 0.407. The first-order chi connectivity index (χ1) is 20.5. The average molecular weight is 576 g/mol. The molecule has 0 N–H and O–H groups in total. The highest BCUT2D eigenvalue weighted by Gasteiger charge is 2.37. The van der Waals surface area contributed by atoms with Crippen LogP contribution in [0.1, 0.15) is 80.1 Å². The van der Waals surface area contributed by atoms with Gasteiger partial charge in [-0.15, -0.1) is 0 Å². The molecule has 2 saturated heterocycles. The fourth-order valence-corrected chi connectivity index (χ4v) is 6.91. The zero-order valence-corrected chi connectivity index (χ0v) is 25.5. The lowest BCUT2D eigenvalue weighted by Crippen LogP contribution is -2.48. The smallest absolute Gasteiger partial charge is 0.253 e. The van der Waals surface area contributed by atoms with Crippen LogP contribution in [0.5, 0.6) is 11.5 Å². The highest BCUT2D eigenvalue weighted by molar-refractivity contribution is 5.94. The predicted octanol–water partition coefficient (Wildman–Crippen LogP) is 5.82. The lowest BCUT2D eigenvalue weighted by molar-refractivity contribution is -0.132. The lowest BCUT2D eigenvalue weighted by atomic mass is 9.73. The second-order valence-electron chi connectivity index (χ2n) is 12.6. The van der Waals surface area contributed by atoms with Crippen LogP contribution in [0.25, 0.3) is 0 Å². The summed E-state index contributed by atoms with van der Waals surface area (Å²) in [5, 5.41) is 0. The van der Waals surface area contributed by atoms with Crippen LogP contribution < -0.4 is 9.47 Å². The van der Waals surface area contributed by atoms with Crippen molar-refractivity contribution in [2.24, 2.45) is 5.41 Å². The maximum absolute atomic E-state index is 13.5. The summed E-state index contributed by atoms with van der Waals surface area (Å²) in [6.07, 6.45) is 10.9. The molecular formula is C35H49N3O4. The summed E-state index contributed by atoms with van der Waals surface area (Å²) in [6, 6.07) is 16.0. The van der Waals surface area contributed by atoms with Crippen LogP contribution >= 0.6 is 0 Å². The number of nitrogens with zero attached hydrogens (tertiary/aromatic N) is 3. The summed E-state index contributed by atoms with van der Waals surface area (Å²) in [4.78, 5) is 33.0. The number of benzene rings is 2. The van der Waals surface area contributed by atoms with E-state index in [1.165, 1.54) is 31.5 Å². The van der Waals surface area contributed by atoms with E-state index in [9.17, 15) is 9.59 Å². The highest BCUT2D eigenvalue weighted by Crippen LogP contribution is 2.38. The number of amides is 2. The van der Waals surface area contributed by atoms with Crippen LogP contribution in [0.2, 0.25) is 0 Å². The molecule has 0 bridgehead atoms. The van der Waals surface area contributed by atoms with Crippen LogP contribution in [0.15, 0.2) is 48.5 Å².